The number of aliphatic hydroxyl groups is 1. The van der Waals surface area contributed by atoms with Gasteiger partial charge in [-0.1, -0.05) is 0 Å². The van der Waals surface area contributed by atoms with Crippen molar-refractivity contribution < 1.29 is 24.8 Å². The zero-order chi connectivity index (χ0) is 9.66. The number of hydrogen-bond acceptors (Lipinski definition) is 4. The van der Waals surface area contributed by atoms with Crippen LogP contribution in [-0.4, -0.2) is 51.9 Å². The number of methoxy groups -OCH3 is 2. The highest BCUT2D eigenvalue weighted by Crippen LogP contribution is 1.98. The van der Waals surface area contributed by atoms with Crippen molar-refractivity contribution in [1.29, 1.82) is 0 Å². The van der Waals surface area contributed by atoms with Crippen molar-refractivity contribution in [3.8, 4) is 0 Å². The third kappa shape index (κ3) is 24.5. The maximum atomic E-state index is 7.00. The Morgan fingerprint density at radius 3 is 1.54 bits per heavy atom. The minimum Gasteiger partial charge on any atom is -0.412 e. The van der Waals surface area contributed by atoms with Gasteiger partial charge in [0.2, 0.25) is 0 Å². The van der Waals surface area contributed by atoms with E-state index in [1.165, 1.54) is 12.8 Å². The highest BCUT2D eigenvalue weighted by Gasteiger charge is 1.94. The van der Waals surface area contributed by atoms with Gasteiger partial charge in [0.15, 0.2) is 0 Å². The Balaban J connectivity index is -0.000000122. The van der Waals surface area contributed by atoms with Crippen molar-refractivity contribution in [3.63, 3.8) is 0 Å². The van der Waals surface area contributed by atoms with Gasteiger partial charge >= 0.3 is 0 Å². The molecule has 0 bridgehead atoms. The van der Waals surface area contributed by atoms with Crippen LogP contribution in [0.2, 0.25) is 0 Å². The lowest BCUT2D eigenvalue weighted by Gasteiger charge is -1.87. The second-order valence-corrected chi connectivity index (χ2v) is 2.01. The van der Waals surface area contributed by atoms with Crippen molar-refractivity contribution in [2.24, 2.45) is 0 Å². The first-order valence-corrected chi connectivity index (χ1v) is 3.92. The van der Waals surface area contributed by atoms with Crippen LogP contribution in [0.15, 0.2) is 0 Å². The quantitative estimate of drug-likeness (QED) is 0.624. The van der Waals surface area contributed by atoms with Gasteiger partial charge < -0.3 is 24.8 Å². The van der Waals surface area contributed by atoms with Gasteiger partial charge in [0.25, 0.3) is 0 Å². The number of ether oxygens (including phenoxy) is 3. The Labute approximate surface area is 79.9 Å². The fourth-order valence-electron chi connectivity index (χ4n) is 0.628. The highest BCUT2D eigenvalue weighted by atomic mass is 16.6. The molecule has 0 aromatic carbocycles. The van der Waals surface area contributed by atoms with Crippen molar-refractivity contribution in [2.45, 2.75) is 12.8 Å². The summed E-state index contributed by atoms with van der Waals surface area (Å²) in [6.45, 7) is 2.39. The lowest BCUT2D eigenvalue weighted by Crippen LogP contribution is -1.87. The molecule has 0 atom stereocenters. The zero-order valence-corrected chi connectivity index (χ0v) is 8.71. The van der Waals surface area contributed by atoms with Crippen molar-refractivity contribution in [1.82, 2.24) is 0 Å². The highest BCUT2D eigenvalue weighted by molar-refractivity contribution is 4.43. The summed E-state index contributed by atoms with van der Waals surface area (Å²) in [6.07, 6.45) is 2.56. The lowest BCUT2D eigenvalue weighted by molar-refractivity contribution is -0.00271. The van der Waals surface area contributed by atoms with Gasteiger partial charge in [-0.25, -0.2) is 0 Å². The van der Waals surface area contributed by atoms with E-state index in [1.54, 1.807) is 14.2 Å². The second kappa shape index (κ2) is 22.6. The molecule has 1 saturated heterocycles. The van der Waals surface area contributed by atoms with E-state index in [9.17, 15) is 0 Å². The molecule has 1 aliphatic rings. The monoisotopic (exact) mass is 198 g/mol. The summed E-state index contributed by atoms with van der Waals surface area (Å²) in [5, 5.41) is 7.00. The number of rotatable bonds is 2. The second-order valence-electron chi connectivity index (χ2n) is 2.01. The molecule has 1 heterocycles. The molecule has 0 unspecified atom stereocenters. The van der Waals surface area contributed by atoms with E-state index in [0.29, 0.717) is 6.79 Å². The summed E-state index contributed by atoms with van der Waals surface area (Å²) in [7, 11) is 4.17. The largest absolute Gasteiger partial charge is 0.412 e. The predicted molar refractivity (Wildman–Crippen MR) is 50.7 cm³/mol. The Morgan fingerprint density at radius 1 is 1.08 bits per heavy atom. The summed E-state index contributed by atoms with van der Waals surface area (Å²) in [5.41, 5.74) is 0. The molecule has 5 heteroatoms. The molecule has 1 aliphatic heterocycles. The Bertz CT molecular complexity index is 46.9. The van der Waals surface area contributed by atoms with Crippen LogP contribution < -0.4 is 0 Å². The summed E-state index contributed by atoms with van der Waals surface area (Å²) < 4.78 is 13.9. The fourth-order valence-corrected chi connectivity index (χ4v) is 0.628. The van der Waals surface area contributed by atoms with Crippen LogP contribution in [0.1, 0.15) is 12.8 Å². The van der Waals surface area contributed by atoms with Crippen molar-refractivity contribution in [2.75, 3.05) is 41.3 Å². The van der Waals surface area contributed by atoms with Gasteiger partial charge in [0.05, 0.1) is 0 Å². The van der Waals surface area contributed by atoms with Crippen molar-refractivity contribution in [3.05, 3.63) is 0 Å². The van der Waals surface area contributed by atoms with E-state index in [2.05, 4.69) is 9.47 Å². The molecule has 0 aromatic rings. The van der Waals surface area contributed by atoms with E-state index < -0.39 is 0 Å². The van der Waals surface area contributed by atoms with Gasteiger partial charge in [-0.15, -0.1) is 0 Å². The van der Waals surface area contributed by atoms with Gasteiger partial charge in [-0.3, -0.25) is 0 Å². The van der Waals surface area contributed by atoms with Gasteiger partial charge in [0, 0.05) is 34.5 Å². The molecule has 84 valence electrons. The molecule has 1 fully saturated rings. The first-order valence-electron chi connectivity index (χ1n) is 3.92. The van der Waals surface area contributed by atoms with E-state index in [0.717, 1.165) is 20.3 Å². The van der Waals surface area contributed by atoms with E-state index in [-0.39, 0.29) is 5.48 Å². The number of hydrogen-bond donors (Lipinski definition) is 1. The smallest absolute Gasteiger partial charge is 0.145 e. The summed E-state index contributed by atoms with van der Waals surface area (Å²) in [6, 6.07) is 0. The van der Waals surface area contributed by atoms with E-state index in [1.807, 2.05) is 0 Å². The molecule has 0 saturated carbocycles. The van der Waals surface area contributed by atoms with E-state index >= 15 is 0 Å². The molecule has 3 N–H and O–H groups in total. The standard InChI is InChI=1S/C4H8O.C3H8O2.CH4O.H2O/c1-2-4-5-3-1;1-4-3-5-2;1-2;/h1-4H2;3H2,1-2H3;2H,1H3;1H2. The first-order chi connectivity index (χ1) is 5.91. The molecule has 1 rings (SSSR count). The molecule has 13 heavy (non-hydrogen) atoms. The normalized spacial score (nSPS) is 12.9. The van der Waals surface area contributed by atoms with Crippen LogP contribution in [0.4, 0.5) is 0 Å². The molecule has 5 nitrogen and oxygen atoms in total. The molecule has 0 aliphatic carbocycles. The van der Waals surface area contributed by atoms with Crippen LogP contribution in [0.3, 0.4) is 0 Å². The average molecular weight is 198 g/mol. The molecular weight excluding hydrogens is 176 g/mol. The lowest BCUT2D eigenvalue weighted by atomic mass is 10.4. The third-order valence-corrected chi connectivity index (χ3v) is 1.06. The Hall–Kier alpha value is -0.200. The maximum absolute atomic E-state index is 7.00. The molecule has 0 amide bonds. The Morgan fingerprint density at radius 2 is 1.46 bits per heavy atom. The topological polar surface area (TPSA) is 79.4 Å². The van der Waals surface area contributed by atoms with Gasteiger partial charge in [0.1, 0.15) is 6.79 Å². The zero-order valence-electron chi connectivity index (χ0n) is 8.71. The van der Waals surface area contributed by atoms with Gasteiger partial charge in [-0.05, 0) is 12.8 Å². The molecule has 0 radical (unpaired) electrons. The molecular formula is C8H22O5. The van der Waals surface area contributed by atoms with Gasteiger partial charge in [-0.2, -0.15) is 0 Å². The van der Waals surface area contributed by atoms with Crippen LogP contribution in [0, 0.1) is 0 Å². The summed E-state index contributed by atoms with van der Waals surface area (Å²) in [5.74, 6) is 0. The SMILES string of the molecule is C1CCOC1.CO.COCOC.O. The summed E-state index contributed by atoms with van der Waals surface area (Å²) in [4.78, 5) is 0. The third-order valence-electron chi connectivity index (χ3n) is 1.06. The Kier molecular flexibility index (Phi) is 32.3. The predicted octanol–water partition coefficient (Wildman–Crippen LogP) is -0.183. The minimum atomic E-state index is 0. The van der Waals surface area contributed by atoms with Crippen LogP contribution in [0.25, 0.3) is 0 Å². The van der Waals surface area contributed by atoms with Crippen molar-refractivity contribution >= 4 is 0 Å². The molecule has 0 spiro atoms. The average Bonchev–Trinajstić information content (AvgIpc) is 2.67. The maximum Gasteiger partial charge on any atom is 0.145 e. The van der Waals surface area contributed by atoms with E-state index in [4.69, 9.17) is 9.84 Å². The summed E-state index contributed by atoms with van der Waals surface area (Å²) >= 11 is 0. The fraction of sp³-hybridized carbons (Fsp3) is 1.00. The first kappa shape index (κ1) is 18.6. The van der Waals surface area contributed by atoms with Crippen LogP contribution in [-0.2, 0) is 14.2 Å². The minimum absolute atomic E-state index is 0. The van der Waals surface area contributed by atoms with Crippen LogP contribution >= 0.6 is 0 Å². The number of aliphatic hydroxyl groups excluding tert-OH is 1. The molecule has 0 aromatic heterocycles. The van der Waals surface area contributed by atoms with Crippen LogP contribution in [0.5, 0.6) is 0 Å².